The molecule has 0 saturated carbocycles. The number of carbonyl (C=O) groups excluding carboxylic acids is 2. The first-order chi connectivity index (χ1) is 13.6. The van der Waals surface area contributed by atoms with Crippen LogP contribution in [0, 0.1) is 0 Å². The molecule has 0 aliphatic carbocycles. The highest BCUT2D eigenvalue weighted by atomic mass is 16.6. The number of rotatable bonds is 4. The molecule has 3 aromatic rings. The highest BCUT2D eigenvalue weighted by molar-refractivity contribution is 5.96. The Labute approximate surface area is 162 Å². The van der Waals surface area contributed by atoms with E-state index in [9.17, 15) is 9.59 Å². The number of nitrogens with zero attached hydrogens (tertiary/aromatic N) is 1. The van der Waals surface area contributed by atoms with Gasteiger partial charge in [-0.2, -0.15) is 0 Å². The van der Waals surface area contributed by atoms with Crippen molar-refractivity contribution in [1.82, 2.24) is 4.98 Å². The fourth-order valence-electron chi connectivity index (χ4n) is 3.34. The topological polar surface area (TPSA) is 65.5 Å². The molecule has 1 aliphatic rings. The van der Waals surface area contributed by atoms with Crippen LogP contribution in [0.4, 0.5) is 0 Å². The average Bonchev–Trinajstić information content (AvgIpc) is 2.73. The second kappa shape index (κ2) is 7.27. The van der Waals surface area contributed by atoms with E-state index in [2.05, 4.69) is 4.98 Å². The number of hydrogen-bond donors (Lipinski definition) is 0. The van der Waals surface area contributed by atoms with E-state index in [1.807, 2.05) is 48.5 Å². The van der Waals surface area contributed by atoms with Crippen LogP contribution in [-0.4, -0.2) is 22.5 Å². The summed E-state index contributed by atoms with van der Waals surface area (Å²) in [7, 11) is 0. The first kappa shape index (κ1) is 17.9. The summed E-state index contributed by atoms with van der Waals surface area (Å²) in [6, 6.07) is 22.0. The number of carbonyl (C=O) groups is 2. The molecule has 0 saturated heterocycles. The molecule has 4 rings (SSSR count). The van der Waals surface area contributed by atoms with E-state index in [1.165, 1.54) is 0 Å². The SMILES string of the molecule is CC1(C(=O)OC(c2ccccc2)c2ccccn2)Cc2ccccc2C(=O)O1. The third-order valence-electron chi connectivity index (χ3n) is 4.80. The monoisotopic (exact) mass is 373 g/mol. The molecule has 0 amide bonds. The maximum atomic E-state index is 13.1. The fourth-order valence-corrected chi connectivity index (χ4v) is 3.34. The number of aromatic nitrogens is 1. The molecular weight excluding hydrogens is 354 g/mol. The van der Waals surface area contributed by atoms with Crippen molar-refractivity contribution in [2.24, 2.45) is 0 Å². The van der Waals surface area contributed by atoms with Gasteiger partial charge in [0.05, 0.1) is 11.3 Å². The van der Waals surface area contributed by atoms with E-state index in [1.54, 1.807) is 37.4 Å². The first-order valence-corrected chi connectivity index (χ1v) is 9.05. The van der Waals surface area contributed by atoms with Gasteiger partial charge in [-0.25, -0.2) is 9.59 Å². The lowest BCUT2D eigenvalue weighted by atomic mass is 9.90. The number of pyridine rings is 1. The van der Waals surface area contributed by atoms with Crippen LogP contribution in [0.5, 0.6) is 0 Å². The fraction of sp³-hybridized carbons (Fsp3) is 0.174. The van der Waals surface area contributed by atoms with Gasteiger partial charge in [-0.1, -0.05) is 54.6 Å². The van der Waals surface area contributed by atoms with Crippen LogP contribution in [0.15, 0.2) is 79.0 Å². The lowest BCUT2D eigenvalue weighted by molar-refractivity contribution is -0.169. The quantitative estimate of drug-likeness (QED) is 0.649. The number of hydrogen-bond acceptors (Lipinski definition) is 5. The van der Waals surface area contributed by atoms with Gasteiger partial charge in [0.25, 0.3) is 0 Å². The Kier molecular flexibility index (Phi) is 4.65. The van der Waals surface area contributed by atoms with Crippen molar-refractivity contribution in [3.05, 3.63) is 101 Å². The summed E-state index contributed by atoms with van der Waals surface area (Å²) in [6.07, 6.45) is 1.22. The molecule has 0 bridgehead atoms. The second-order valence-corrected chi connectivity index (χ2v) is 6.90. The van der Waals surface area contributed by atoms with Crippen LogP contribution >= 0.6 is 0 Å². The van der Waals surface area contributed by atoms with Crippen LogP contribution in [0.1, 0.15) is 40.2 Å². The highest BCUT2D eigenvalue weighted by Crippen LogP contribution is 2.32. The summed E-state index contributed by atoms with van der Waals surface area (Å²) in [6.45, 7) is 1.59. The van der Waals surface area contributed by atoms with Crippen LogP contribution in [0.25, 0.3) is 0 Å². The molecule has 28 heavy (non-hydrogen) atoms. The number of ether oxygens (including phenoxy) is 2. The first-order valence-electron chi connectivity index (χ1n) is 9.05. The van der Waals surface area contributed by atoms with Crippen molar-refractivity contribution in [2.75, 3.05) is 0 Å². The van der Waals surface area contributed by atoms with Crippen LogP contribution in [0.2, 0.25) is 0 Å². The summed E-state index contributed by atoms with van der Waals surface area (Å²) in [4.78, 5) is 29.8. The molecular formula is C23H19NO4. The summed E-state index contributed by atoms with van der Waals surface area (Å²) in [5, 5.41) is 0. The van der Waals surface area contributed by atoms with Crippen LogP contribution < -0.4 is 0 Å². The van der Waals surface area contributed by atoms with Gasteiger partial charge in [0.15, 0.2) is 6.10 Å². The second-order valence-electron chi connectivity index (χ2n) is 6.90. The predicted molar refractivity (Wildman–Crippen MR) is 103 cm³/mol. The summed E-state index contributed by atoms with van der Waals surface area (Å²) in [5.74, 6) is -1.12. The van der Waals surface area contributed by atoms with Crippen molar-refractivity contribution >= 4 is 11.9 Å². The van der Waals surface area contributed by atoms with Gasteiger partial charge in [-0.3, -0.25) is 4.98 Å². The lowest BCUT2D eigenvalue weighted by Gasteiger charge is -2.33. The van der Waals surface area contributed by atoms with Gasteiger partial charge >= 0.3 is 11.9 Å². The van der Waals surface area contributed by atoms with E-state index >= 15 is 0 Å². The van der Waals surface area contributed by atoms with Gasteiger partial charge in [-0.15, -0.1) is 0 Å². The van der Waals surface area contributed by atoms with Crippen molar-refractivity contribution < 1.29 is 19.1 Å². The van der Waals surface area contributed by atoms with Gasteiger partial charge in [0.1, 0.15) is 0 Å². The molecule has 0 fully saturated rings. The summed E-state index contributed by atoms with van der Waals surface area (Å²) < 4.78 is 11.4. The highest BCUT2D eigenvalue weighted by Gasteiger charge is 2.45. The van der Waals surface area contributed by atoms with Crippen molar-refractivity contribution in [3.8, 4) is 0 Å². The normalized spacial score (nSPS) is 19.2. The molecule has 0 spiro atoms. The summed E-state index contributed by atoms with van der Waals surface area (Å²) >= 11 is 0. The molecule has 0 radical (unpaired) electrons. The smallest absolute Gasteiger partial charge is 0.351 e. The molecule has 5 nitrogen and oxygen atoms in total. The van der Waals surface area contributed by atoms with E-state index < -0.39 is 23.6 Å². The van der Waals surface area contributed by atoms with E-state index in [-0.39, 0.29) is 6.42 Å². The minimum Gasteiger partial charge on any atom is -0.448 e. The third kappa shape index (κ3) is 3.39. The molecule has 2 heterocycles. The van der Waals surface area contributed by atoms with Crippen LogP contribution in [-0.2, 0) is 20.7 Å². The Morgan fingerprint density at radius 2 is 1.75 bits per heavy atom. The number of fused-ring (bicyclic) bond motifs is 1. The maximum Gasteiger partial charge on any atom is 0.351 e. The summed E-state index contributed by atoms with van der Waals surface area (Å²) in [5.41, 5.74) is 1.26. The lowest BCUT2D eigenvalue weighted by Crippen LogP contribution is -2.47. The van der Waals surface area contributed by atoms with Crippen molar-refractivity contribution in [1.29, 1.82) is 0 Å². The molecule has 2 unspecified atom stereocenters. The van der Waals surface area contributed by atoms with Crippen LogP contribution in [0.3, 0.4) is 0 Å². The number of cyclic esters (lactones) is 1. The van der Waals surface area contributed by atoms with Gasteiger partial charge in [0, 0.05) is 12.6 Å². The zero-order valence-electron chi connectivity index (χ0n) is 15.4. The van der Waals surface area contributed by atoms with Gasteiger partial charge in [-0.05, 0) is 36.2 Å². The third-order valence-corrected chi connectivity index (χ3v) is 4.80. The van der Waals surface area contributed by atoms with Crippen molar-refractivity contribution in [2.45, 2.75) is 25.0 Å². The Hall–Kier alpha value is -3.47. The number of benzene rings is 2. The molecule has 2 aromatic carbocycles. The maximum absolute atomic E-state index is 13.1. The molecule has 140 valence electrons. The van der Waals surface area contributed by atoms with Gasteiger partial charge in [0.2, 0.25) is 5.60 Å². The molecule has 1 aliphatic heterocycles. The molecule has 2 atom stereocenters. The van der Waals surface area contributed by atoms with E-state index in [0.29, 0.717) is 11.3 Å². The zero-order valence-corrected chi connectivity index (χ0v) is 15.4. The zero-order chi connectivity index (χ0) is 19.6. The van der Waals surface area contributed by atoms with Crippen molar-refractivity contribution in [3.63, 3.8) is 0 Å². The minimum absolute atomic E-state index is 0.261. The average molecular weight is 373 g/mol. The van der Waals surface area contributed by atoms with Gasteiger partial charge < -0.3 is 9.47 Å². The Balaban J connectivity index is 1.64. The van der Waals surface area contributed by atoms with E-state index in [4.69, 9.17) is 9.47 Å². The predicted octanol–water partition coefficient (Wildman–Crippen LogP) is 3.89. The molecule has 1 aromatic heterocycles. The molecule has 0 N–H and O–H groups in total. The molecule has 5 heteroatoms. The Bertz CT molecular complexity index is 964. The Morgan fingerprint density at radius 1 is 1.04 bits per heavy atom. The standard InChI is InChI=1S/C23H19NO4/c1-23(15-17-11-5-6-12-18(17)21(25)28-23)22(26)27-20(16-9-3-2-4-10-16)19-13-7-8-14-24-19/h2-14,20H,15H2,1H3. The largest absolute Gasteiger partial charge is 0.448 e. The Morgan fingerprint density at radius 3 is 2.50 bits per heavy atom. The number of esters is 2. The van der Waals surface area contributed by atoms with E-state index in [0.717, 1.165) is 11.1 Å². The minimum atomic E-state index is -1.40.